The topological polar surface area (TPSA) is 41.5 Å². The molecule has 0 aliphatic heterocycles. The van der Waals surface area contributed by atoms with E-state index in [2.05, 4.69) is 38.2 Å². The van der Waals surface area contributed by atoms with Crippen LogP contribution in [0.5, 0.6) is 0 Å². The molecule has 0 spiro atoms. The van der Waals surface area contributed by atoms with E-state index in [-0.39, 0.29) is 11.3 Å². The van der Waals surface area contributed by atoms with Gasteiger partial charge in [0.2, 0.25) is 0 Å². The number of aryl methyl sites for hydroxylation is 1. The van der Waals surface area contributed by atoms with Crippen LogP contribution in [0.25, 0.3) is 0 Å². The van der Waals surface area contributed by atoms with Crippen molar-refractivity contribution in [3.05, 3.63) is 57.3 Å². The van der Waals surface area contributed by atoms with Gasteiger partial charge >= 0.3 is 0 Å². The summed E-state index contributed by atoms with van der Waals surface area (Å²) in [4.78, 5) is 14.4. The van der Waals surface area contributed by atoms with Crippen molar-refractivity contribution in [1.82, 2.24) is 5.43 Å². The number of benzene rings is 1. The number of carbonyl (C=O) groups is 1. The first-order chi connectivity index (χ1) is 10.3. The number of carbonyl (C=O) groups excluding carboxylic acids is 1. The second kappa shape index (κ2) is 6.44. The minimum atomic E-state index is -0.187. The van der Waals surface area contributed by atoms with Crippen LogP contribution in [-0.2, 0) is 5.41 Å². The Hall–Kier alpha value is -1.94. The van der Waals surface area contributed by atoms with Crippen LogP contribution < -0.4 is 5.43 Å². The Kier molecular flexibility index (Phi) is 4.81. The Bertz CT molecular complexity index is 691. The molecule has 0 saturated heterocycles. The van der Waals surface area contributed by atoms with Gasteiger partial charge in [-0.15, -0.1) is 11.3 Å². The number of nitrogens with one attached hydrogen (secondary N) is 1. The van der Waals surface area contributed by atoms with Gasteiger partial charge in [0.15, 0.2) is 0 Å². The fourth-order valence-corrected chi connectivity index (χ4v) is 2.82. The van der Waals surface area contributed by atoms with Gasteiger partial charge in [-0.1, -0.05) is 32.9 Å². The number of hydrogen-bond acceptors (Lipinski definition) is 3. The van der Waals surface area contributed by atoms with Crippen molar-refractivity contribution < 1.29 is 4.79 Å². The lowest BCUT2D eigenvalue weighted by Crippen LogP contribution is -2.19. The van der Waals surface area contributed by atoms with Crippen LogP contribution in [0.3, 0.4) is 0 Å². The van der Waals surface area contributed by atoms with E-state index in [9.17, 15) is 4.79 Å². The summed E-state index contributed by atoms with van der Waals surface area (Å²) in [6.07, 6.45) is 0. The molecule has 0 aliphatic rings. The van der Waals surface area contributed by atoms with E-state index in [0.29, 0.717) is 5.56 Å². The van der Waals surface area contributed by atoms with Gasteiger partial charge in [0.05, 0.1) is 10.6 Å². The fourth-order valence-electron chi connectivity index (χ4n) is 2.00. The van der Waals surface area contributed by atoms with Gasteiger partial charge in [-0.05, 0) is 49.1 Å². The maximum absolute atomic E-state index is 12.1. The van der Waals surface area contributed by atoms with Crippen LogP contribution in [0.2, 0.25) is 0 Å². The molecule has 2 aromatic rings. The lowest BCUT2D eigenvalue weighted by Gasteiger charge is -2.18. The van der Waals surface area contributed by atoms with Crippen molar-refractivity contribution in [3.63, 3.8) is 0 Å². The van der Waals surface area contributed by atoms with Crippen LogP contribution in [0.1, 0.15) is 53.4 Å². The maximum atomic E-state index is 12.1. The summed E-state index contributed by atoms with van der Waals surface area (Å²) in [5, 5.41) is 4.18. The molecule has 0 bridgehead atoms. The lowest BCUT2D eigenvalue weighted by molar-refractivity contribution is 0.0955. The molecule has 0 atom stereocenters. The zero-order valence-corrected chi connectivity index (χ0v) is 14.5. The Labute approximate surface area is 136 Å². The number of rotatable bonds is 3. The highest BCUT2D eigenvalue weighted by molar-refractivity contribution is 7.14. The Morgan fingerprint density at radius 1 is 1.09 bits per heavy atom. The summed E-state index contributed by atoms with van der Waals surface area (Å²) in [6.45, 7) is 10.4. The monoisotopic (exact) mass is 314 g/mol. The van der Waals surface area contributed by atoms with Crippen LogP contribution in [0.15, 0.2) is 41.5 Å². The molecule has 4 heteroatoms. The minimum absolute atomic E-state index is 0.0841. The van der Waals surface area contributed by atoms with E-state index < -0.39 is 0 Å². The van der Waals surface area contributed by atoms with Crippen LogP contribution >= 0.6 is 11.3 Å². The lowest BCUT2D eigenvalue weighted by atomic mass is 9.87. The molecule has 0 aliphatic carbocycles. The number of nitrogens with zero attached hydrogens (tertiary/aromatic N) is 1. The first-order valence-electron chi connectivity index (χ1n) is 7.29. The number of hydrazone groups is 1. The van der Waals surface area contributed by atoms with Gasteiger partial charge in [-0.25, -0.2) is 5.43 Å². The average Bonchev–Trinajstić information content (AvgIpc) is 2.90. The summed E-state index contributed by atoms with van der Waals surface area (Å²) in [5.74, 6) is -0.187. The minimum Gasteiger partial charge on any atom is -0.267 e. The van der Waals surface area contributed by atoms with Crippen molar-refractivity contribution in [1.29, 1.82) is 0 Å². The molecule has 22 heavy (non-hydrogen) atoms. The smallest absolute Gasteiger partial charge is 0.267 e. The third-order valence-electron chi connectivity index (χ3n) is 3.44. The Balaban J connectivity index is 2.06. The SMILES string of the molecule is CC(=NNC(=O)c1ccc(C(C)(C)C)cc1)c1ccc(C)s1. The van der Waals surface area contributed by atoms with Crippen molar-refractivity contribution in [2.45, 2.75) is 40.0 Å². The van der Waals surface area contributed by atoms with Crippen LogP contribution in [-0.4, -0.2) is 11.6 Å². The van der Waals surface area contributed by atoms with Crippen molar-refractivity contribution in [2.24, 2.45) is 5.10 Å². The van der Waals surface area contributed by atoms with Crippen molar-refractivity contribution in [3.8, 4) is 0 Å². The molecule has 0 saturated carbocycles. The molecule has 0 unspecified atom stereocenters. The predicted molar refractivity (Wildman–Crippen MR) is 93.9 cm³/mol. The van der Waals surface area contributed by atoms with Gasteiger partial charge < -0.3 is 0 Å². The van der Waals surface area contributed by atoms with Gasteiger partial charge in [0.1, 0.15) is 0 Å². The first-order valence-corrected chi connectivity index (χ1v) is 8.11. The zero-order valence-electron chi connectivity index (χ0n) is 13.7. The molecule has 1 amide bonds. The molecule has 0 radical (unpaired) electrons. The predicted octanol–water partition coefficient (Wildman–Crippen LogP) is 4.51. The van der Waals surface area contributed by atoms with E-state index in [0.717, 1.165) is 10.6 Å². The van der Waals surface area contributed by atoms with E-state index in [1.165, 1.54) is 10.4 Å². The van der Waals surface area contributed by atoms with Gasteiger partial charge in [0, 0.05) is 10.4 Å². The van der Waals surface area contributed by atoms with Gasteiger partial charge in [-0.3, -0.25) is 4.79 Å². The highest BCUT2D eigenvalue weighted by atomic mass is 32.1. The summed E-state index contributed by atoms with van der Waals surface area (Å²) in [7, 11) is 0. The molecule has 0 fully saturated rings. The van der Waals surface area contributed by atoms with Gasteiger partial charge in [-0.2, -0.15) is 5.10 Å². The molecule has 1 heterocycles. The number of thiophene rings is 1. The summed E-state index contributed by atoms with van der Waals surface area (Å²) >= 11 is 1.67. The van der Waals surface area contributed by atoms with Gasteiger partial charge in [0.25, 0.3) is 5.91 Å². The maximum Gasteiger partial charge on any atom is 0.271 e. The van der Waals surface area contributed by atoms with E-state index in [4.69, 9.17) is 0 Å². The number of hydrogen-bond donors (Lipinski definition) is 1. The number of amides is 1. The summed E-state index contributed by atoms with van der Waals surface area (Å²) < 4.78 is 0. The molecule has 1 N–H and O–H groups in total. The summed E-state index contributed by atoms with van der Waals surface area (Å²) in [6, 6.07) is 11.7. The van der Waals surface area contributed by atoms with E-state index >= 15 is 0 Å². The molecular formula is C18H22N2OS. The largest absolute Gasteiger partial charge is 0.271 e. The van der Waals surface area contributed by atoms with Crippen molar-refractivity contribution in [2.75, 3.05) is 0 Å². The fraction of sp³-hybridized carbons (Fsp3) is 0.333. The normalized spacial score (nSPS) is 12.3. The standard InChI is InChI=1S/C18H22N2OS/c1-12-6-11-16(22-12)13(2)19-20-17(21)14-7-9-15(10-8-14)18(3,4)5/h6-11H,1-5H3,(H,20,21). The summed E-state index contributed by atoms with van der Waals surface area (Å²) in [5.41, 5.74) is 5.35. The van der Waals surface area contributed by atoms with E-state index in [1.807, 2.05) is 43.3 Å². The third kappa shape index (κ3) is 4.04. The van der Waals surface area contributed by atoms with Crippen LogP contribution in [0.4, 0.5) is 0 Å². The highest BCUT2D eigenvalue weighted by Crippen LogP contribution is 2.22. The molecular weight excluding hydrogens is 292 g/mol. The molecule has 116 valence electrons. The molecule has 2 rings (SSSR count). The average molecular weight is 314 g/mol. The second-order valence-electron chi connectivity index (χ2n) is 6.38. The van der Waals surface area contributed by atoms with E-state index in [1.54, 1.807) is 11.3 Å². The Morgan fingerprint density at radius 2 is 1.73 bits per heavy atom. The highest BCUT2D eigenvalue weighted by Gasteiger charge is 2.14. The Morgan fingerprint density at radius 3 is 2.23 bits per heavy atom. The first kappa shape index (κ1) is 16.4. The molecule has 1 aromatic carbocycles. The zero-order chi connectivity index (χ0) is 16.3. The van der Waals surface area contributed by atoms with Crippen LogP contribution in [0, 0.1) is 6.92 Å². The van der Waals surface area contributed by atoms with Crippen molar-refractivity contribution >= 4 is 23.0 Å². The quantitative estimate of drug-likeness (QED) is 0.657. The third-order valence-corrected chi connectivity index (χ3v) is 4.54. The second-order valence-corrected chi connectivity index (χ2v) is 7.66. The molecule has 3 nitrogen and oxygen atoms in total. The molecule has 1 aromatic heterocycles.